The Kier molecular flexibility index (Phi) is 3.81. The normalized spacial score (nSPS) is 29.4. The molecule has 1 aliphatic rings. The predicted molar refractivity (Wildman–Crippen MR) is 70.6 cm³/mol. The second-order valence-electron chi connectivity index (χ2n) is 4.94. The minimum Gasteiger partial charge on any atom is -0.385 e. The Morgan fingerprint density at radius 1 is 1.41 bits per heavy atom. The van der Waals surface area contributed by atoms with Crippen molar-refractivity contribution in [1.82, 2.24) is 0 Å². The fraction of sp³-hybridized carbons (Fsp3) is 0.538. The van der Waals surface area contributed by atoms with Gasteiger partial charge in [0.15, 0.2) is 0 Å². The lowest BCUT2D eigenvalue weighted by atomic mass is 9.75. The summed E-state index contributed by atoms with van der Waals surface area (Å²) in [5, 5.41) is 10.6. The van der Waals surface area contributed by atoms with Gasteiger partial charge in [-0.3, -0.25) is 0 Å². The zero-order valence-corrected chi connectivity index (χ0v) is 12.0. The number of benzene rings is 1. The highest BCUT2D eigenvalue weighted by Crippen LogP contribution is 2.42. The number of hydrogen-bond donors (Lipinski definition) is 1. The topological polar surface area (TPSA) is 20.2 Å². The smallest absolute Gasteiger partial charge is 0.149 e. The largest absolute Gasteiger partial charge is 0.385 e. The summed E-state index contributed by atoms with van der Waals surface area (Å²) < 4.78 is 14.6. The highest BCUT2D eigenvalue weighted by atomic mass is 79.9. The summed E-state index contributed by atoms with van der Waals surface area (Å²) in [6, 6.07) is 3.32. The minimum atomic E-state index is -1.05. The van der Waals surface area contributed by atoms with Crippen LogP contribution in [-0.2, 0) is 5.60 Å². The van der Waals surface area contributed by atoms with Crippen molar-refractivity contribution in [3.8, 4) is 0 Å². The fourth-order valence-corrected chi connectivity index (χ4v) is 2.87. The van der Waals surface area contributed by atoms with Crippen molar-refractivity contribution in [2.24, 2.45) is 5.92 Å². The van der Waals surface area contributed by atoms with Gasteiger partial charge in [-0.1, -0.05) is 24.6 Å². The Morgan fingerprint density at radius 2 is 2.00 bits per heavy atom. The van der Waals surface area contributed by atoms with Crippen molar-refractivity contribution in [3.63, 3.8) is 0 Å². The van der Waals surface area contributed by atoms with Crippen molar-refractivity contribution in [3.05, 3.63) is 33.0 Å². The Balaban J connectivity index is 2.37. The van der Waals surface area contributed by atoms with E-state index in [4.69, 9.17) is 11.6 Å². The first-order chi connectivity index (χ1) is 7.94. The van der Waals surface area contributed by atoms with Gasteiger partial charge in [0.2, 0.25) is 0 Å². The van der Waals surface area contributed by atoms with Gasteiger partial charge >= 0.3 is 0 Å². The molecule has 4 heteroatoms. The second kappa shape index (κ2) is 4.87. The van der Waals surface area contributed by atoms with Crippen molar-refractivity contribution in [2.45, 2.75) is 38.2 Å². The van der Waals surface area contributed by atoms with Crippen LogP contribution in [0.1, 0.15) is 38.2 Å². The maximum Gasteiger partial charge on any atom is 0.149 e. The lowest BCUT2D eigenvalue weighted by Gasteiger charge is -2.35. The van der Waals surface area contributed by atoms with E-state index in [1.807, 2.05) is 0 Å². The van der Waals surface area contributed by atoms with Crippen molar-refractivity contribution in [1.29, 1.82) is 0 Å². The molecule has 1 aromatic carbocycles. The van der Waals surface area contributed by atoms with Gasteiger partial charge in [0.25, 0.3) is 0 Å². The second-order valence-corrected chi connectivity index (χ2v) is 6.17. The van der Waals surface area contributed by atoms with Crippen LogP contribution in [0.25, 0.3) is 0 Å². The molecule has 0 aliphatic heterocycles. The first-order valence-corrected chi connectivity index (χ1v) is 6.97. The predicted octanol–water partition coefficient (Wildman–Crippen LogP) is 4.64. The first-order valence-electron chi connectivity index (χ1n) is 5.80. The molecule has 1 saturated carbocycles. The molecule has 1 aromatic rings. The van der Waals surface area contributed by atoms with E-state index in [-0.39, 0.29) is 5.02 Å². The van der Waals surface area contributed by atoms with Crippen LogP contribution >= 0.6 is 27.5 Å². The molecule has 0 amide bonds. The highest BCUT2D eigenvalue weighted by molar-refractivity contribution is 9.10. The van der Waals surface area contributed by atoms with Gasteiger partial charge in [-0.15, -0.1) is 0 Å². The van der Waals surface area contributed by atoms with E-state index in [0.717, 1.165) is 12.8 Å². The average molecular weight is 322 g/mol. The van der Waals surface area contributed by atoms with E-state index < -0.39 is 11.4 Å². The van der Waals surface area contributed by atoms with E-state index in [9.17, 15) is 9.50 Å². The number of hydrogen-bond acceptors (Lipinski definition) is 1. The van der Waals surface area contributed by atoms with Crippen LogP contribution in [-0.4, -0.2) is 5.11 Å². The van der Waals surface area contributed by atoms with E-state index in [1.54, 1.807) is 12.1 Å². The summed E-state index contributed by atoms with van der Waals surface area (Å²) in [7, 11) is 0. The van der Waals surface area contributed by atoms with Crippen LogP contribution in [0.3, 0.4) is 0 Å². The molecule has 0 saturated heterocycles. The molecule has 0 bridgehead atoms. The molecule has 0 atom stereocenters. The average Bonchev–Trinajstić information content (AvgIpc) is 2.30. The summed E-state index contributed by atoms with van der Waals surface area (Å²) in [5.74, 6) is 0.0994. The molecule has 0 unspecified atom stereocenters. The number of halogens is 3. The molecule has 0 aromatic heterocycles. The number of rotatable bonds is 1. The monoisotopic (exact) mass is 320 g/mol. The van der Waals surface area contributed by atoms with Gasteiger partial charge in [0, 0.05) is 10.0 Å². The maximum absolute atomic E-state index is 14.1. The molecule has 0 heterocycles. The molecule has 0 radical (unpaired) electrons. The molecule has 1 aliphatic carbocycles. The molecular formula is C13H15BrClFO. The molecule has 2 rings (SSSR count). The Hall–Kier alpha value is -0.120. The van der Waals surface area contributed by atoms with Gasteiger partial charge < -0.3 is 5.11 Å². The highest BCUT2D eigenvalue weighted by Gasteiger charge is 2.36. The van der Waals surface area contributed by atoms with Gasteiger partial charge in [0.1, 0.15) is 5.82 Å². The van der Waals surface area contributed by atoms with Crippen LogP contribution in [0.2, 0.25) is 5.02 Å². The fourth-order valence-electron chi connectivity index (χ4n) is 2.39. The summed E-state index contributed by atoms with van der Waals surface area (Å²) in [6.07, 6.45) is 3.04. The summed E-state index contributed by atoms with van der Waals surface area (Å²) >= 11 is 9.04. The quantitative estimate of drug-likeness (QED) is 0.747. The van der Waals surface area contributed by atoms with E-state index in [2.05, 4.69) is 22.9 Å². The molecular weight excluding hydrogens is 306 g/mol. The van der Waals surface area contributed by atoms with Gasteiger partial charge in [-0.2, -0.15) is 0 Å². The third kappa shape index (κ3) is 2.51. The number of aliphatic hydroxyl groups is 1. The van der Waals surface area contributed by atoms with Crippen LogP contribution in [0.5, 0.6) is 0 Å². The Bertz CT molecular complexity index is 428. The van der Waals surface area contributed by atoms with Crippen LogP contribution in [0.4, 0.5) is 4.39 Å². The summed E-state index contributed by atoms with van der Waals surface area (Å²) in [5.41, 5.74) is -0.724. The standard InChI is InChI=1S/C13H15BrClFO/c1-8-4-6-13(17,7-5-8)9-2-3-10(14)11(15)12(9)16/h2-3,8,17H,4-7H2,1H3. The van der Waals surface area contributed by atoms with E-state index in [1.165, 1.54) is 0 Å². The van der Waals surface area contributed by atoms with E-state index >= 15 is 0 Å². The van der Waals surface area contributed by atoms with Gasteiger partial charge in [0.05, 0.1) is 10.6 Å². The third-order valence-electron chi connectivity index (χ3n) is 3.64. The van der Waals surface area contributed by atoms with Crippen molar-refractivity contribution >= 4 is 27.5 Å². The van der Waals surface area contributed by atoms with Crippen LogP contribution in [0, 0.1) is 11.7 Å². The van der Waals surface area contributed by atoms with Crippen LogP contribution in [0.15, 0.2) is 16.6 Å². The first kappa shape index (κ1) is 13.3. The maximum atomic E-state index is 14.1. The van der Waals surface area contributed by atoms with Gasteiger partial charge in [-0.05, 0) is 53.6 Å². The van der Waals surface area contributed by atoms with Crippen molar-refractivity contribution in [2.75, 3.05) is 0 Å². The van der Waals surface area contributed by atoms with Gasteiger partial charge in [-0.25, -0.2) is 4.39 Å². The molecule has 1 fully saturated rings. The third-order valence-corrected chi connectivity index (χ3v) is 4.90. The summed E-state index contributed by atoms with van der Waals surface area (Å²) in [6.45, 7) is 2.16. The molecule has 94 valence electrons. The SMILES string of the molecule is CC1CCC(O)(c2ccc(Br)c(Cl)c2F)CC1. The lowest BCUT2D eigenvalue weighted by Crippen LogP contribution is -2.32. The lowest BCUT2D eigenvalue weighted by molar-refractivity contribution is -0.0149. The Morgan fingerprint density at radius 3 is 2.59 bits per heavy atom. The zero-order valence-electron chi connectivity index (χ0n) is 9.64. The van der Waals surface area contributed by atoms with E-state index in [0.29, 0.717) is 28.8 Å². The zero-order chi connectivity index (χ0) is 12.6. The molecule has 1 N–H and O–H groups in total. The minimum absolute atomic E-state index is 0.0505. The summed E-state index contributed by atoms with van der Waals surface area (Å²) in [4.78, 5) is 0. The molecule has 1 nitrogen and oxygen atoms in total. The van der Waals surface area contributed by atoms with Crippen molar-refractivity contribution < 1.29 is 9.50 Å². The molecule has 17 heavy (non-hydrogen) atoms. The Labute approximate surface area is 114 Å². The van der Waals surface area contributed by atoms with Crippen LogP contribution < -0.4 is 0 Å². The molecule has 0 spiro atoms.